The van der Waals surface area contributed by atoms with Crippen molar-refractivity contribution in [2.75, 3.05) is 13.2 Å². The summed E-state index contributed by atoms with van der Waals surface area (Å²) in [5.41, 5.74) is -0.430. The average molecular weight is 316 g/mol. The second-order valence-corrected chi connectivity index (χ2v) is 7.45. The lowest BCUT2D eigenvalue weighted by molar-refractivity contribution is -0.153. The van der Waals surface area contributed by atoms with Crippen LogP contribution in [0.4, 0.5) is 0 Å². The van der Waals surface area contributed by atoms with Crippen LogP contribution in [0.3, 0.4) is 0 Å². The van der Waals surface area contributed by atoms with Gasteiger partial charge in [0.2, 0.25) is 0 Å². The van der Waals surface area contributed by atoms with Crippen LogP contribution in [0.1, 0.15) is 73.1 Å². The van der Waals surface area contributed by atoms with E-state index in [0.29, 0.717) is 0 Å². The third kappa shape index (κ3) is 8.74. The molecular formula is C18H36O4. The quantitative estimate of drug-likeness (QED) is 0.427. The molecule has 22 heavy (non-hydrogen) atoms. The topological polar surface area (TPSA) is 66.8 Å². The van der Waals surface area contributed by atoms with Crippen molar-refractivity contribution < 1.29 is 19.7 Å². The summed E-state index contributed by atoms with van der Waals surface area (Å²) in [6, 6.07) is 0. The normalized spacial score (nSPS) is 14.9. The lowest BCUT2D eigenvalue weighted by Gasteiger charge is -2.34. The van der Waals surface area contributed by atoms with Crippen molar-refractivity contribution in [1.82, 2.24) is 0 Å². The molecule has 4 heteroatoms. The van der Waals surface area contributed by atoms with Gasteiger partial charge in [-0.2, -0.15) is 0 Å². The van der Waals surface area contributed by atoms with Crippen LogP contribution >= 0.6 is 0 Å². The van der Waals surface area contributed by atoms with E-state index < -0.39 is 11.5 Å². The summed E-state index contributed by atoms with van der Waals surface area (Å²) < 4.78 is 5.29. The van der Waals surface area contributed by atoms with Crippen LogP contribution in [-0.4, -0.2) is 35.5 Å². The molecule has 0 amide bonds. The molecule has 0 saturated carbocycles. The molecule has 0 radical (unpaired) electrons. The minimum absolute atomic E-state index is 0.135. The van der Waals surface area contributed by atoms with Gasteiger partial charge in [0.15, 0.2) is 0 Å². The number of carbonyl (C=O) groups is 1. The van der Waals surface area contributed by atoms with Crippen LogP contribution in [0.5, 0.6) is 0 Å². The minimum atomic E-state index is -0.482. The highest BCUT2D eigenvalue weighted by Crippen LogP contribution is 2.29. The molecule has 0 aromatic carbocycles. The van der Waals surface area contributed by atoms with Crippen molar-refractivity contribution in [3.8, 4) is 0 Å². The van der Waals surface area contributed by atoms with E-state index in [9.17, 15) is 9.90 Å². The second-order valence-electron chi connectivity index (χ2n) is 7.45. The van der Waals surface area contributed by atoms with Gasteiger partial charge in [-0.1, -0.05) is 60.3 Å². The van der Waals surface area contributed by atoms with E-state index in [4.69, 9.17) is 9.84 Å². The van der Waals surface area contributed by atoms with Gasteiger partial charge in [-0.3, -0.25) is 4.79 Å². The number of aliphatic hydroxyl groups excluding tert-OH is 2. The van der Waals surface area contributed by atoms with Crippen molar-refractivity contribution in [1.29, 1.82) is 0 Å². The van der Waals surface area contributed by atoms with Crippen LogP contribution in [0.15, 0.2) is 0 Å². The molecule has 2 N–H and O–H groups in total. The lowest BCUT2D eigenvalue weighted by atomic mass is 9.79. The Labute approximate surface area is 136 Å². The lowest BCUT2D eigenvalue weighted by Crippen LogP contribution is -2.39. The number of rotatable bonds is 12. The van der Waals surface area contributed by atoms with Crippen LogP contribution in [0, 0.1) is 17.3 Å². The maximum atomic E-state index is 11.6. The molecule has 0 saturated heterocycles. The number of aliphatic hydroxyl groups is 2. The van der Waals surface area contributed by atoms with E-state index in [2.05, 4.69) is 6.92 Å². The molecule has 0 spiro atoms. The van der Waals surface area contributed by atoms with E-state index in [-0.39, 0.29) is 31.0 Å². The van der Waals surface area contributed by atoms with Crippen LogP contribution in [0.25, 0.3) is 0 Å². The molecular weight excluding hydrogens is 280 g/mol. The van der Waals surface area contributed by atoms with Crippen LogP contribution in [0.2, 0.25) is 0 Å². The Bertz CT molecular complexity index is 299. The fourth-order valence-electron chi connectivity index (χ4n) is 2.55. The van der Waals surface area contributed by atoms with Gasteiger partial charge in [0.1, 0.15) is 0 Å². The Balaban J connectivity index is 4.07. The monoisotopic (exact) mass is 316 g/mol. The molecule has 2 unspecified atom stereocenters. The molecule has 2 atom stereocenters. The second kappa shape index (κ2) is 11.0. The first-order valence-corrected chi connectivity index (χ1v) is 8.68. The van der Waals surface area contributed by atoms with Crippen molar-refractivity contribution >= 4 is 5.97 Å². The number of unbranched alkanes of at least 4 members (excludes halogenated alkanes) is 4. The molecule has 4 nitrogen and oxygen atoms in total. The number of ether oxygens (including phenoxy) is 1. The molecule has 0 aliphatic rings. The van der Waals surface area contributed by atoms with Gasteiger partial charge in [0.05, 0.1) is 18.6 Å². The average Bonchev–Trinajstić information content (AvgIpc) is 2.47. The fourth-order valence-corrected chi connectivity index (χ4v) is 2.55. The summed E-state index contributed by atoms with van der Waals surface area (Å²) in [5, 5.41) is 19.2. The fraction of sp³-hybridized carbons (Fsp3) is 0.944. The van der Waals surface area contributed by atoms with Gasteiger partial charge in [-0.15, -0.1) is 0 Å². The highest BCUT2D eigenvalue weighted by molar-refractivity contribution is 5.71. The standard InChI is InChI=1S/C18H36O4/c1-14(2)17(21)22-13-18(4,5)16(20)15(3)11-9-7-6-8-10-12-19/h14-16,19-20H,6-13H2,1-5H3. The summed E-state index contributed by atoms with van der Waals surface area (Å²) >= 11 is 0. The van der Waals surface area contributed by atoms with Crippen molar-refractivity contribution in [2.45, 2.75) is 79.2 Å². The predicted molar refractivity (Wildman–Crippen MR) is 89.5 cm³/mol. The highest BCUT2D eigenvalue weighted by Gasteiger charge is 2.33. The highest BCUT2D eigenvalue weighted by atomic mass is 16.5. The molecule has 0 aromatic heterocycles. The van der Waals surface area contributed by atoms with Crippen molar-refractivity contribution in [2.24, 2.45) is 17.3 Å². The van der Waals surface area contributed by atoms with E-state index in [0.717, 1.165) is 38.5 Å². The van der Waals surface area contributed by atoms with Gasteiger partial charge in [0, 0.05) is 12.0 Å². The third-order valence-corrected chi connectivity index (χ3v) is 4.22. The zero-order valence-electron chi connectivity index (χ0n) is 15.1. The Kier molecular flexibility index (Phi) is 10.7. The van der Waals surface area contributed by atoms with Gasteiger partial charge in [0.25, 0.3) is 0 Å². The molecule has 0 bridgehead atoms. The van der Waals surface area contributed by atoms with E-state index in [1.165, 1.54) is 0 Å². The first-order chi connectivity index (χ1) is 10.2. The number of esters is 1. The number of carbonyl (C=O) groups excluding carboxylic acids is 1. The summed E-state index contributed by atoms with van der Waals surface area (Å²) in [4.78, 5) is 11.6. The zero-order valence-corrected chi connectivity index (χ0v) is 15.1. The number of hydrogen-bond donors (Lipinski definition) is 2. The summed E-state index contributed by atoms with van der Waals surface area (Å²) in [5.74, 6) is -0.160. The molecule has 0 rings (SSSR count). The minimum Gasteiger partial charge on any atom is -0.465 e. The Morgan fingerprint density at radius 3 is 2.14 bits per heavy atom. The molecule has 0 fully saturated rings. The van der Waals surface area contributed by atoms with Crippen LogP contribution in [-0.2, 0) is 9.53 Å². The van der Waals surface area contributed by atoms with Crippen LogP contribution < -0.4 is 0 Å². The SMILES string of the molecule is CC(C)C(=O)OCC(C)(C)C(O)C(C)CCCCCCCO. The summed E-state index contributed by atoms with van der Waals surface area (Å²) in [6.07, 6.45) is 5.81. The summed E-state index contributed by atoms with van der Waals surface area (Å²) in [7, 11) is 0. The molecule has 0 aliphatic heterocycles. The molecule has 0 aliphatic carbocycles. The van der Waals surface area contributed by atoms with Gasteiger partial charge >= 0.3 is 5.97 Å². The van der Waals surface area contributed by atoms with Gasteiger partial charge in [-0.05, 0) is 18.8 Å². The molecule has 0 heterocycles. The Hall–Kier alpha value is -0.610. The van der Waals surface area contributed by atoms with E-state index in [1.807, 2.05) is 27.7 Å². The van der Waals surface area contributed by atoms with E-state index in [1.54, 1.807) is 0 Å². The smallest absolute Gasteiger partial charge is 0.308 e. The zero-order chi connectivity index (χ0) is 17.2. The van der Waals surface area contributed by atoms with E-state index >= 15 is 0 Å². The predicted octanol–water partition coefficient (Wildman–Crippen LogP) is 3.54. The molecule has 132 valence electrons. The third-order valence-electron chi connectivity index (χ3n) is 4.22. The summed E-state index contributed by atoms with van der Waals surface area (Å²) in [6.45, 7) is 10.1. The first kappa shape index (κ1) is 21.4. The first-order valence-electron chi connectivity index (χ1n) is 8.68. The van der Waals surface area contributed by atoms with Gasteiger partial charge in [-0.25, -0.2) is 0 Å². The largest absolute Gasteiger partial charge is 0.465 e. The number of hydrogen-bond acceptors (Lipinski definition) is 4. The Morgan fingerprint density at radius 2 is 1.59 bits per heavy atom. The molecule has 0 aromatic rings. The van der Waals surface area contributed by atoms with Crippen molar-refractivity contribution in [3.63, 3.8) is 0 Å². The maximum absolute atomic E-state index is 11.6. The van der Waals surface area contributed by atoms with Gasteiger partial charge < -0.3 is 14.9 Å². The van der Waals surface area contributed by atoms with Crippen molar-refractivity contribution in [3.05, 3.63) is 0 Å². The maximum Gasteiger partial charge on any atom is 0.308 e. The Morgan fingerprint density at radius 1 is 1.05 bits per heavy atom.